The highest BCUT2D eigenvalue weighted by Gasteiger charge is 2.43. The van der Waals surface area contributed by atoms with Gasteiger partial charge in [-0.2, -0.15) is 0 Å². The lowest BCUT2D eigenvalue weighted by Gasteiger charge is -2.37. The zero-order valence-corrected chi connectivity index (χ0v) is 11.6. The Kier molecular flexibility index (Phi) is 3.88. The third kappa shape index (κ3) is 3.00. The molecule has 1 fully saturated rings. The fraction of sp³-hybridized carbons (Fsp3) is 0.357. The first-order chi connectivity index (χ1) is 8.49. The smallest absolute Gasteiger partial charge is 0.309 e. The molecule has 0 radical (unpaired) electrons. The Morgan fingerprint density at radius 1 is 1.44 bits per heavy atom. The number of rotatable bonds is 2. The number of esters is 1. The molecule has 1 aliphatic heterocycles. The SMILES string of the molecule is CC1(O)CC(=O)OC(C=Cc2ccccc2)C1Br. The van der Waals surface area contributed by atoms with Gasteiger partial charge < -0.3 is 9.84 Å². The lowest BCUT2D eigenvalue weighted by atomic mass is 9.91. The normalized spacial score (nSPS) is 32.5. The molecule has 1 aromatic carbocycles. The molecule has 3 nitrogen and oxygen atoms in total. The van der Waals surface area contributed by atoms with Crippen molar-refractivity contribution < 1.29 is 14.6 Å². The summed E-state index contributed by atoms with van der Waals surface area (Å²) in [5.74, 6) is -0.376. The summed E-state index contributed by atoms with van der Waals surface area (Å²) < 4.78 is 5.22. The van der Waals surface area contributed by atoms with Crippen molar-refractivity contribution in [3.05, 3.63) is 42.0 Å². The Bertz CT molecular complexity index is 453. The van der Waals surface area contributed by atoms with E-state index in [1.165, 1.54) is 0 Å². The third-order valence-corrected chi connectivity index (χ3v) is 4.44. The number of carbonyl (C=O) groups is 1. The van der Waals surface area contributed by atoms with Gasteiger partial charge in [-0.15, -0.1) is 0 Å². The minimum Gasteiger partial charge on any atom is -0.457 e. The monoisotopic (exact) mass is 310 g/mol. The van der Waals surface area contributed by atoms with Gasteiger partial charge >= 0.3 is 5.97 Å². The second-order valence-corrected chi connectivity index (χ2v) is 5.65. The second kappa shape index (κ2) is 5.24. The molecule has 1 saturated heterocycles. The van der Waals surface area contributed by atoms with E-state index < -0.39 is 11.7 Å². The predicted octanol–water partition coefficient (Wildman–Crippen LogP) is 2.53. The van der Waals surface area contributed by atoms with E-state index in [4.69, 9.17) is 4.74 Å². The largest absolute Gasteiger partial charge is 0.457 e. The molecule has 3 unspecified atom stereocenters. The van der Waals surface area contributed by atoms with Crippen LogP contribution in [0.25, 0.3) is 6.08 Å². The summed E-state index contributed by atoms with van der Waals surface area (Å²) >= 11 is 3.40. The maximum Gasteiger partial charge on any atom is 0.309 e. The van der Waals surface area contributed by atoms with E-state index in [0.717, 1.165) is 5.56 Å². The van der Waals surface area contributed by atoms with Gasteiger partial charge in [0.05, 0.1) is 16.8 Å². The van der Waals surface area contributed by atoms with Crippen LogP contribution in [0.5, 0.6) is 0 Å². The van der Waals surface area contributed by atoms with E-state index in [1.54, 1.807) is 13.0 Å². The number of cyclic esters (lactones) is 1. The summed E-state index contributed by atoms with van der Waals surface area (Å²) in [5, 5.41) is 10.1. The van der Waals surface area contributed by atoms with Gasteiger partial charge in [-0.05, 0) is 18.6 Å². The standard InChI is InChI=1S/C14H15BrO3/c1-14(17)9-12(16)18-11(13(14)15)8-7-10-5-3-2-4-6-10/h2-8,11,13,17H,9H2,1H3. The molecular formula is C14H15BrO3. The Hall–Kier alpha value is -1.13. The van der Waals surface area contributed by atoms with Gasteiger partial charge in [0.15, 0.2) is 0 Å². The number of hydrogen-bond donors (Lipinski definition) is 1. The van der Waals surface area contributed by atoms with E-state index in [2.05, 4.69) is 15.9 Å². The summed E-state index contributed by atoms with van der Waals surface area (Å²) in [6, 6.07) is 9.74. The molecule has 0 bridgehead atoms. The van der Waals surface area contributed by atoms with Crippen LogP contribution in [-0.2, 0) is 9.53 Å². The Morgan fingerprint density at radius 3 is 2.78 bits per heavy atom. The summed E-state index contributed by atoms with van der Waals surface area (Å²) in [6.45, 7) is 1.64. The summed E-state index contributed by atoms with van der Waals surface area (Å²) in [4.78, 5) is 11.1. The highest BCUT2D eigenvalue weighted by molar-refractivity contribution is 9.09. The lowest BCUT2D eigenvalue weighted by Crippen LogP contribution is -2.50. The van der Waals surface area contributed by atoms with Crippen LogP contribution in [0.3, 0.4) is 0 Å². The van der Waals surface area contributed by atoms with Crippen molar-refractivity contribution in [3.63, 3.8) is 0 Å². The van der Waals surface area contributed by atoms with Crippen LogP contribution >= 0.6 is 15.9 Å². The van der Waals surface area contributed by atoms with E-state index in [9.17, 15) is 9.90 Å². The van der Waals surface area contributed by atoms with Crippen molar-refractivity contribution in [2.24, 2.45) is 0 Å². The van der Waals surface area contributed by atoms with Crippen LogP contribution in [0.15, 0.2) is 36.4 Å². The quantitative estimate of drug-likeness (QED) is 0.674. The Labute approximate surface area is 115 Å². The van der Waals surface area contributed by atoms with Crippen molar-refractivity contribution in [2.75, 3.05) is 0 Å². The van der Waals surface area contributed by atoms with Gasteiger partial charge in [0.25, 0.3) is 0 Å². The average molecular weight is 311 g/mol. The molecule has 96 valence electrons. The number of hydrogen-bond acceptors (Lipinski definition) is 3. The van der Waals surface area contributed by atoms with Crippen LogP contribution in [0.2, 0.25) is 0 Å². The fourth-order valence-electron chi connectivity index (χ4n) is 1.90. The average Bonchev–Trinajstić information content (AvgIpc) is 2.33. The molecule has 1 aliphatic rings. The zero-order valence-electron chi connectivity index (χ0n) is 10.0. The van der Waals surface area contributed by atoms with Crippen molar-refractivity contribution in [3.8, 4) is 0 Å². The molecule has 0 aromatic heterocycles. The molecule has 0 spiro atoms. The first-order valence-electron chi connectivity index (χ1n) is 5.78. The van der Waals surface area contributed by atoms with Crippen LogP contribution < -0.4 is 0 Å². The topological polar surface area (TPSA) is 46.5 Å². The van der Waals surface area contributed by atoms with Crippen molar-refractivity contribution in [1.29, 1.82) is 0 Å². The van der Waals surface area contributed by atoms with Gasteiger partial charge in [0.1, 0.15) is 6.10 Å². The predicted molar refractivity (Wildman–Crippen MR) is 73.3 cm³/mol. The second-order valence-electron chi connectivity index (χ2n) is 4.66. The number of aliphatic hydroxyl groups is 1. The van der Waals surface area contributed by atoms with Crippen molar-refractivity contribution in [1.82, 2.24) is 0 Å². The number of halogens is 1. The number of alkyl halides is 1. The van der Waals surface area contributed by atoms with Gasteiger partial charge in [0, 0.05) is 0 Å². The first-order valence-corrected chi connectivity index (χ1v) is 6.70. The van der Waals surface area contributed by atoms with Gasteiger partial charge in [-0.1, -0.05) is 52.3 Å². The highest BCUT2D eigenvalue weighted by atomic mass is 79.9. The third-order valence-electron chi connectivity index (χ3n) is 2.93. The molecule has 3 atom stereocenters. The molecule has 0 aliphatic carbocycles. The zero-order chi connectivity index (χ0) is 13.2. The molecule has 2 rings (SSSR count). The summed E-state index contributed by atoms with van der Waals surface area (Å²) in [7, 11) is 0. The molecule has 1 aromatic rings. The van der Waals surface area contributed by atoms with Gasteiger partial charge in [-0.3, -0.25) is 4.79 Å². The van der Waals surface area contributed by atoms with E-state index in [1.807, 2.05) is 36.4 Å². The number of benzene rings is 1. The van der Waals surface area contributed by atoms with Crippen LogP contribution in [0.1, 0.15) is 18.9 Å². The van der Waals surface area contributed by atoms with Gasteiger partial charge in [-0.25, -0.2) is 0 Å². The molecule has 0 amide bonds. The number of carbonyl (C=O) groups excluding carboxylic acids is 1. The van der Waals surface area contributed by atoms with Crippen LogP contribution in [-0.4, -0.2) is 27.6 Å². The summed E-state index contributed by atoms with van der Waals surface area (Å²) in [6.07, 6.45) is 3.23. The van der Waals surface area contributed by atoms with E-state index in [-0.39, 0.29) is 17.2 Å². The van der Waals surface area contributed by atoms with Crippen LogP contribution in [0.4, 0.5) is 0 Å². The van der Waals surface area contributed by atoms with E-state index in [0.29, 0.717) is 0 Å². The van der Waals surface area contributed by atoms with Crippen molar-refractivity contribution >= 4 is 28.0 Å². The van der Waals surface area contributed by atoms with Gasteiger partial charge in [0.2, 0.25) is 0 Å². The maximum atomic E-state index is 11.4. The molecule has 1 N–H and O–H groups in total. The highest BCUT2D eigenvalue weighted by Crippen LogP contribution is 2.32. The molecule has 1 heterocycles. The Morgan fingerprint density at radius 2 is 2.11 bits per heavy atom. The van der Waals surface area contributed by atoms with E-state index >= 15 is 0 Å². The fourth-order valence-corrected chi connectivity index (χ4v) is 2.35. The molecular weight excluding hydrogens is 296 g/mol. The molecule has 0 saturated carbocycles. The minimum atomic E-state index is -1.08. The Balaban J connectivity index is 2.13. The molecule has 4 heteroatoms. The molecule has 18 heavy (non-hydrogen) atoms. The van der Waals surface area contributed by atoms with Crippen molar-refractivity contribution in [2.45, 2.75) is 29.9 Å². The minimum absolute atomic E-state index is 0.0125. The number of ether oxygens (including phenoxy) is 1. The summed E-state index contributed by atoms with van der Waals surface area (Å²) in [5.41, 5.74) is -0.0560. The van der Waals surface area contributed by atoms with Crippen LogP contribution in [0, 0.1) is 0 Å². The lowest BCUT2D eigenvalue weighted by molar-refractivity contribution is -0.162. The first kappa shape index (κ1) is 13.3. The maximum absolute atomic E-state index is 11.4.